The number of amides is 1. The molecule has 2 aromatic carbocycles. The van der Waals surface area contributed by atoms with E-state index in [0.29, 0.717) is 5.56 Å². The standard InChI is InChI=1S/C18H13ClFN3O3S/c19-13-6-5-12(7-14(13)20)11-3-1-10(2-4-11)9-21-23-18-22-17(26)15(27-18)8-16(24)25/h1-7,9,15H,8H2,(H,24,25)(H,22,23,26). The third kappa shape index (κ3) is 4.93. The van der Waals surface area contributed by atoms with Gasteiger partial charge in [0.2, 0.25) is 5.91 Å². The Morgan fingerprint density at radius 3 is 2.63 bits per heavy atom. The van der Waals surface area contributed by atoms with Crippen LogP contribution < -0.4 is 5.32 Å². The number of hydrogen-bond acceptors (Lipinski definition) is 5. The van der Waals surface area contributed by atoms with E-state index in [1.54, 1.807) is 18.2 Å². The van der Waals surface area contributed by atoms with Gasteiger partial charge in [0.25, 0.3) is 0 Å². The molecule has 0 saturated carbocycles. The lowest BCUT2D eigenvalue weighted by Crippen LogP contribution is -2.26. The molecule has 27 heavy (non-hydrogen) atoms. The summed E-state index contributed by atoms with van der Waals surface area (Å²) in [5, 5.41) is 18.7. The van der Waals surface area contributed by atoms with Gasteiger partial charge in [-0.3, -0.25) is 9.59 Å². The van der Waals surface area contributed by atoms with Crippen molar-refractivity contribution in [1.82, 2.24) is 5.32 Å². The van der Waals surface area contributed by atoms with E-state index in [1.807, 2.05) is 12.1 Å². The van der Waals surface area contributed by atoms with Gasteiger partial charge in [-0.25, -0.2) is 4.39 Å². The minimum Gasteiger partial charge on any atom is -0.481 e. The number of carbonyl (C=O) groups excluding carboxylic acids is 1. The predicted octanol–water partition coefficient (Wildman–Crippen LogP) is 3.54. The first-order valence-corrected chi connectivity index (χ1v) is 9.04. The maximum absolute atomic E-state index is 13.6. The molecule has 0 spiro atoms. The molecule has 9 heteroatoms. The number of carbonyl (C=O) groups is 2. The highest BCUT2D eigenvalue weighted by molar-refractivity contribution is 8.15. The van der Waals surface area contributed by atoms with Crippen LogP contribution in [0.5, 0.6) is 0 Å². The Labute approximate surface area is 163 Å². The van der Waals surface area contributed by atoms with Crippen molar-refractivity contribution < 1.29 is 19.1 Å². The minimum absolute atomic E-state index is 0.0732. The van der Waals surface area contributed by atoms with Gasteiger partial charge in [0.05, 0.1) is 17.7 Å². The molecule has 0 aliphatic carbocycles. The van der Waals surface area contributed by atoms with Crippen LogP contribution in [0.2, 0.25) is 5.02 Å². The van der Waals surface area contributed by atoms with Crippen LogP contribution in [0, 0.1) is 5.82 Å². The first kappa shape index (κ1) is 19.1. The molecule has 6 nitrogen and oxygen atoms in total. The summed E-state index contributed by atoms with van der Waals surface area (Å²) in [6.45, 7) is 0. The highest BCUT2D eigenvalue weighted by Gasteiger charge is 2.32. The van der Waals surface area contributed by atoms with Crippen LogP contribution in [0.25, 0.3) is 11.1 Å². The van der Waals surface area contributed by atoms with Crippen molar-refractivity contribution in [3.05, 3.63) is 58.9 Å². The number of aliphatic carboxylic acids is 1. The summed E-state index contributed by atoms with van der Waals surface area (Å²) in [5.41, 5.74) is 2.29. The molecule has 1 unspecified atom stereocenters. The molecule has 2 N–H and O–H groups in total. The molecule has 1 saturated heterocycles. The SMILES string of the molecule is O=C(O)CC1SC(=NN=Cc2ccc(-c3ccc(Cl)c(F)c3)cc2)NC1=O. The lowest BCUT2D eigenvalue weighted by atomic mass is 10.0. The molecule has 0 aromatic heterocycles. The number of hydrogen-bond donors (Lipinski definition) is 2. The Kier molecular flexibility index (Phi) is 5.88. The van der Waals surface area contributed by atoms with Gasteiger partial charge in [-0.15, -0.1) is 5.10 Å². The second kappa shape index (κ2) is 8.32. The Bertz CT molecular complexity index is 947. The maximum atomic E-state index is 13.6. The molecule has 1 heterocycles. The van der Waals surface area contributed by atoms with E-state index in [4.69, 9.17) is 16.7 Å². The zero-order chi connectivity index (χ0) is 19.4. The van der Waals surface area contributed by atoms with Crippen LogP contribution >= 0.6 is 23.4 Å². The fourth-order valence-corrected chi connectivity index (χ4v) is 3.36. The van der Waals surface area contributed by atoms with Crippen LogP contribution in [-0.4, -0.2) is 33.6 Å². The largest absolute Gasteiger partial charge is 0.481 e. The van der Waals surface area contributed by atoms with Crippen molar-refractivity contribution in [3.63, 3.8) is 0 Å². The number of halogens is 2. The van der Waals surface area contributed by atoms with Crippen molar-refractivity contribution >= 4 is 46.6 Å². The topological polar surface area (TPSA) is 91.1 Å². The molecule has 1 amide bonds. The molecule has 138 valence electrons. The summed E-state index contributed by atoms with van der Waals surface area (Å²) >= 11 is 6.72. The zero-order valence-electron chi connectivity index (χ0n) is 13.7. The summed E-state index contributed by atoms with van der Waals surface area (Å²) in [6.07, 6.45) is 1.22. The number of carboxylic acid groups (broad SMARTS) is 1. The highest BCUT2D eigenvalue weighted by Crippen LogP contribution is 2.24. The third-order valence-corrected chi connectivity index (χ3v) is 5.03. The lowest BCUT2D eigenvalue weighted by molar-refractivity contribution is -0.138. The van der Waals surface area contributed by atoms with Gasteiger partial charge < -0.3 is 10.4 Å². The highest BCUT2D eigenvalue weighted by atomic mass is 35.5. The average Bonchev–Trinajstić information content (AvgIpc) is 2.97. The average molecular weight is 406 g/mol. The molecule has 2 aromatic rings. The Balaban J connectivity index is 1.65. The smallest absolute Gasteiger partial charge is 0.305 e. The second-order valence-electron chi connectivity index (χ2n) is 5.59. The lowest BCUT2D eigenvalue weighted by Gasteiger charge is -2.03. The summed E-state index contributed by atoms with van der Waals surface area (Å²) in [6, 6.07) is 11.8. The van der Waals surface area contributed by atoms with E-state index in [-0.39, 0.29) is 16.6 Å². The molecule has 0 bridgehead atoms. The number of carboxylic acids is 1. The van der Waals surface area contributed by atoms with Crippen molar-refractivity contribution in [2.75, 3.05) is 0 Å². The fraction of sp³-hybridized carbons (Fsp3) is 0.111. The number of rotatable bonds is 5. The van der Waals surface area contributed by atoms with E-state index in [2.05, 4.69) is 15.5 Å². The van der Waals surface area contributed by atoms with Gasteiger partial charge in [0, 0.05) is 0 Å². The second-order valence-corrected chi connectivity index (χ2v) is 7.19. The normalized spacial score (nSPS) is 18.2. The molecular formula is C18H13ClFN3O3S. The van der Waals surface area contributed by atoms with E-state index in [1.165, 1.54) is 18.3 Å². The molecule has 1 atom stereocenters. The van der Waals surface area contributed by atoms with Crippen LogP contribution in [-0.2, 0) is 9.59 Å². The van der Waals surface area contributed by atoms with Crippen molar-refractivity contribution in [1.29, 1.82) is 0 Å². The van der Waals surface area contributed by atoms with E-state index >= 15 is 0 Å². The summed E-state index contributed by atoms with van der Waals surface area (Å²) < 4.78 is 13.6. The number of nitrogens with zero attached hydrogens (tertiary/aromatic N) is 2. The van der Waals surface area contributed by atoms with Gasteiger partial charge in [0.15, 0.2) is 5.17 Å². The molecule has 0 radical (unpaired) electrons. The van der Waals surface area contributed by atoms with Crippen LogP contribution in [0.4, 0.5) is 4.39 Å². The van der Waals surface area contributed by atoms with E-state index < -0.39 is 22.9 Å². The molecular weight excluding hydrogens is 393 g/mol. The first-order chi connectivity index (χ1) is 12.9. The molecule has 3 rings (SSSR count). The molecule has 1 aliphatic rings. The van der Waals surface area contributed by atoms with Crippen molar-refractivity contribution in [3.8, 4) is 11.1 Å². The van der Waals surface area contributed by atoms with Crippen LogP contribution in [0.1, 0.15) is 12.0 Å². The van der Waals surface area contributed by atoms with E-state index in [0.717, 1.165) is 22.9 Å². The summed E-state index contributed by atoms with van der Waals surface area (Å²) in [4.78, 5) is 22.3. The summed E-state index contributed by atoms with van der Waals surface area (Å²) in [7, 11) is 0. The predicted molar refractivity (Wildman–Crippen MR) is 104 cm³/mol. The van der Waals surface area contributed by atoms with Crippen molar-refractivity contribution in [2.24, 2.45) is 10.2 Å². The Morgan fingerprint density at radius 2 is 1.96 bits per heavy atom. The molecule has 1 fully saturated rings. The minimum atomic E-state index is -1.05. The Morgan fingerprint density at radius 1 is 1.26 bits per heavy atom. The van der Waals surface area contributed by atoms with Crippen LogP contribution in [0.15, 0.2) is 52.7 Å². The first-order valence-electron chi connectivity index (χ1n) is 7.78. The van der Waals surface area contributed by atoms with Gasteiger partial charge in [-0.05, 0) is 28.8 Å². The van der Waals surface area contributed by atoms with Crippen LogP contribution in [0.3, 0.4) is 0 Å². The zero-order valence-corrected chi connectivity index (χ0v) is 15.3. The monoisotopic (exact) mass is 405 g/mol. The van der Waals surface area contributed by atoms with Gasteiger partial charge in [-0.2, -0.15) is 5.10 Å². The molecule has 1 aliphatic heterocycles. The van der Waals surface area contributed by atoms with Gasteiger partial charge >= 0.3 is 5.97 Å². The fourth-order valence-electron chi connectivity index (χ4n) is 2.33. The van der Waals surface area contributed by atoms with Crippen molar-refractivity contribution in [2.45, 2.75) is 11.7 Å². The van der Waals surface area contributed by atoms with E-state index in [9.17, 15) is 14.0 Å². The third-order valence-electron chi connectivity index (χ3n) is 3.66. The van der Waals surface area contributed by atoms with Gasteiger partial charge in [0.1, 0.15) is 11.1 Å². The number of nitrogens with one attached hydrogen (secondary N) is 1. The Hall–Kier alpha value is -2.71. The maximum Gasteiger partial charge on any atom is 0.305 e. The number of benzene rings is 2. The van der Waals surface area contributed by atoms with Gasteiger partial charge in [-0.1, -0.05) is 53.7 Å². The summed E-state index contributed by atoms with van der Waals surface area (Å²) in [5.74, 6) is -1.92. The number of thioether (sulfide) groups is 1. The quantitative estimate of drug-likeness (QED) is 0.588. The number of amidine groups is 1.